The van der Waals surface area contributed by atoms with Crippen molar-refractivity contribution in [2.75, 3.05) is 36.9 Å². The third-order valence-corrected chi connectivity index (χ3v) is 5.70. The van der Waals surface area contributed by atoms with E-state index in [1.807, 2.05) is 43.1 Å². The van der Waals surface area contributed by atoms with Crippen LogP contribution in [0.5, 0.6) is 0 Å². The highest BCUT2D eigenvalue weighted by Crippen LogP contribution is 2.23. The van der Waals surface area contributed by atoms with Crippen molar-refractivity contribution in [3.63, 3.8) is 0 Å². The van der Waals surface area contributed by atoms with E-state index in [9.17, 15) is 14.0 Å². The van der Waals surface area contributed by atoms with Crippen LogP contribution in [0.2, 0.25) is 0 Å². The number of nitrogens with zero attached hydrogens (tertiary/aromatic N) is 2. The summed E-state index contributed by atoms with van der Waals surface area (Å²) < 4.78 is 13.1. The van der Waals surface area contributed by atoms with Crippen LogP contribution >= 0.6 is 0 Å². The van der Waals surface area contributed by atoms with Crippen LogP contribution in [0.4, 0.5) is 20.6 Å². The zero-order valence-electron chi connectivity index (χ0n) is 18.2. The predicted octanol–water partition coefficient (Wildman–Crippen LogP) is 4.03. The Labute approximate surface area is 183 Å². The summed E-state index contributed by atoms with van der Waals surface area (Å²) in [7, 11) is 1.87. The molecule has 31 heavy (non-hydrogen) atoms. The molecule has 2 aromatic carbocycles. The van der Waals surface area contributed by atoms with Gasteiger partial charge in [0.25, 0.3) is 0 Å². The maximum absolute atomic E-state index is 13.1. The molecule has 3 rings (SSSR count). The van der Waals surface area contributed by atoms with E-state index in [-0.39, 0.29) is 23.8 Å². The number of hydrogen-bond acceptors (Lipinski definition) is 3. The Morgan fingerprint density at radius 3 is 2.32 bits per heavy atom. The average molecular weight is 427 g/mol. The Balaban J connectivity index is 1.47. The second-order valence-electron chi connectivity index (χ2n) is 7.95. The van der Waals surface area contributed by atoms with Crippen LogP contribution in [0.1, 0.15) is 31.7 Å². The van der Waals surface area contributed by atoms with Gasteiger partial charge in [0.1, 0.15) is 5.82 Å². The van der Waals surface area contributed by atoms with Crippen LogP contribution < -0.4 is 15.5 Å². The molecule has 0 bridgehead atoms. The predicted molar refractivity (Wildman–Crippen MR) is 122 cm³/mol. The number of piperidine rings is 1. The quantitative estimate of drug-likeness (QED) is 0.703. The van der Waals surface area contributed by atoms with Gasteiger partial charge in [-0.1, -0.05) is 19.1 Å². The summed E-state index contributed by atoms with van der Waals surface area (Å²) in [4.78, 5) is 28.6. The highest BCUT2D eigenvalue weighted by atomic mass is 19.1. The van der Waals surface area contributed by atoms with Gasteiger partial charge in [-0.25, -0.2) is 9.18 Å². The lowest BCUT2D eigenvalue weighted by Crippen LogP contribution is -2.46. The molecule has 0 radical (unpaired) electrons. The lowest BCUT2D eigenvalue weighted by Gasteiger charge is -2.38. The van der Waals surface area contributed by atoms with E-state index in [1.165, 1.54) is 12.1 Å². The van der Waals surface area contributed by atoms with Gasteiger partial charge in [0.2, 0.25) is 5.91 Å². The maximum Gasteiger partial charge on any atom is 0.319 e. The molecule has 0 aromatic heterocycles. The summed E-state index contributed by atoms with van der Waals surface area (Å²) >= 11 is 0. The molecule has 0 spiro atoms. The summed E-state index contributed by atoms with van der Waals surface area (Å²) in [5.74, 6) is -0.144. The van der Waals surface area contributed by atoms with Gasteiger partial charge in [-0.3, -0.25) is 4.79 Å². The van der Waals surface area contributed by atoms with Crippen molar-refractivity contribution in [3.05, 3.63) is 59.9 Å². The number of carbonyl (C=O) groups excluding carboxylic acids is 2. The van der Waals surface area contributed by atoms with E-state index >= 15 is 0 Å². The molecule has 1 aliphatic heterocycles. The Morgan fingerprint density at radius 2 is 1.71 bits per heavy atom. The first kappa shape index (κ1) is 22.6. The molecule has 6 nitrogen and oxygen atoms in total. The molecule has 2 aromatic rings. The fourth-order valence-electron chi connectivity index (χ4n) is 3.79. The van der Waals surface area contributed by atoms with Crippen LogP contribution in [0.3, 0.4) is 0 Å². The van der Waals surface area contributed by atoms with Gasteiger partial charge in [0.15, 0.2) is 0 Å². The highest BCUT2D eigenvalue weighted by molar-refractivity contribution is 5.89. The number of amides is 3. The van der Waals surface area contributed by atoms with Crippen molar-refractivity contribution < 1.29 is 14.0 Å². The van der Waals surface area contributed by atoms with Crippen molar-refractivity contribution in [3.8, 4) is 0 Å². The van der Waals surface area contributed by atoms with E-state index in [0.29, 0.717) is 18.7 Å². The fraction of sp³-hybridized carbons (Fsp3) is 0.417. The molecule has 2 N–H and O–H groups in total. The van der Waals surface area contributed by atoms with Crippen molar-refractivity contribution in [1.29, 1.82) is 0 Å². The molecule has 1 saturated heterocycles. The molecule has 3 amide bonds. The average Bonchev–Trinajstić information content (AvgIpc) is 2.79. The molecular formula is C24H31FN4O2. The smallest absolute Gasteiger partial charge is 0.319 e. The van der Waals surface area contributed by atoms with Crippen LogP contribution in [-0.4, -0.2) is 49.6 Å². The summed E-state index contributed by atoms with van der Waals surface area (Å²) in [5, 5.41) is 5.55. The van der Waals surface area contributed by atoms with Gasteiger partial charge in [-0.2, -0.15) is 0 Å². The number of likely N-dealkylation sites (N-methyl/N-ethyl adjacent to an activating group) is 1. The van der Waals surface area contributed by atoms with E-state index in [4.69, 9.17) is 0 Å². The van der Waals surface area contributed by atoms with Gasteiger partial charge in [-0.05, 0) is 61.2 Å². The fourth-order valence-corrected chi connectivity index (χ4v) is 3.79. The Hall–Kier alpha value is -3.09. The number of urea groups is 1. The Morgan fingerprint density at radius 1 is 1.06 bits per heavy atom. The number of hydrogen-bond donors (Lipinski definition) is 2. The first-order chi connectivity index (χ1) is 15.0. The van der Waals surface area contributed by atoms with Crippen molar-refractivity contribution in [1.82, 2.24) is 10.2 Å². The van der Waals surface area contributed by atoms with E-state index < -0.39 is 0 Å². The van der Waals surface area contributed by atoms with Crippen LogP contribution in [0, 0.1) is 5.82 Å². The molecule has 0 unspecified atom stereocenters. The molecular weight excluding hydrogens is 395 g/mol. The normalized spacial score (nSPS) is 14.2. The van der Waals surface area contributed by atoms with Crippen molar-refractivity contribution in [2.24, 2.45) is 0 Å². The molecule has 0 aliphatic carbocycles. The molecule has 1 aliphatic rings. The maximum atomic E-state index is 13.1. The second-order valence-corrected chi connectivity index (χ2v) is 7.95. The monoisotopic (exact) mass is 426 g/mol. The number of nitrogens with one attached hydrogen (secondary N) is 2. The summed E-state index contributed by atoms with van der Waals surface area (Å²) in [6.45, 7) is 4.31. The minimum Gasteiger partial charge on any atom is -0.371 e. The summed E-state index contributed by atoms with van der Waals surface area (Å²) in [6, 6.07) is 13.9. The lowest BCUT2D eigenvalue weighted by molar-refractivity contribution is -0.131. The molecule has 7 heteroatoms. The third kappa shape index (κ3) is 6.44. The van der Waals surface area contributed by atoms with Gasteiger partial charge < -0.3 is 20.4 Å². The number of benzene rings is 2. The largest absolute Gasteiger partial charge is 0.371 e. The zero-order valence-corrected chi connectivity index (χ0v) is 18.2. The number of rotatable bonds is 7. The number of anilines is 2. The van der Waals surface area contributed by atoms with E-state index in [1.54, 1.807) is 12.1 Å². The van der Waals surface area contributed by atoms with E-state index in [0.717, 1.165) is 43.6 Å². The SMILES string of the molecule is CCCNC(=O)Nc1ccc(CC(=O)N(C)C2CCN(c3ccc(F)cc3)CC2)cc1. The van der Waals surface area contributed by atoms with Crippen molar-refractivity contribution in [2.45, 2.75) is 38.6 Å². The molecule has 1 fully saturated rings. The Bertz CT molecular complexity index is 862. The molecule has 0 atom stereocenters. The first-order valence-corrected chi connectivity index (χ1v) is 10.9. The van der Waals surface area contributed by atoms with E-state index in [2.05, 4.69) is 15.5 Å². The van der Waals surface area contributed by atoms with Crippen molar-refractivity contribution >= 4 is 23.3 Å². The number of carbonyl (C=O) groups is 2. The molecule has 1 heterocycles. The Kier molecular flexibility index (Phi) is 7.87. The highest BCUT2D eigenvalue weighted by Gasteiger charge is 2.25. The summed E-state index contributed by atoms with van der Waals surface area (Å²) in [5.41, 5.74) is 2.64. The second kappa shape index (κ2) is 10.8. The van der Waals surface area contributed by atoms with Crippen LogP contribution in [0.25, 0.3) is 0 Å². The summed E-state index contributed by atoms with van der Waals surface area (Å²) in [6.07, 6.45) is 2.98. The number of halogens is 1. The first-order valence-electron chi connectivity index (χ1n) is 10.9. The molecule has 0 saturated carbocycles. The standard InChI is InChI=1S/C24H31FN4O2/c1-3-14-26-24(31)27-20-8-4-18(5-9-20)17-23(30)28(2)21-12-15-29(16-13-21)22-10-6-19(25)7-11-22/h4-11,21H,3,12-17H2,1-2H3,(H2,26,27,31). The zero-order chi connectivity index (χ0) is 22.2. The lowest BCUT2D eigenvalue weighted by atomic mass is 10.0. The topological polar surface area (TPSA) is 64.7 Å². The minimum absolute atomic E-state index is 0.0848. The van der Waals surface area contributed by atoms with Crippen LogP contribution in [-0.2, 0) is 11.2 Å². The van der Waals surface area contributed by atoms with Crippen LogP contribution in [0.15, 0.2) is 48.5 Å². The van der Waals surface area contributed by atoms with Gasteiger partial charge >= 0.3 is 6.03 Å². The minimum atomic E-state index is -0.229. The molecule has 166 valence electrons. The van der Waals surface area contributed by atoms with Gasteiger partial charge in [0.05, 0.1) is 6.42 Å². The van der Waals surface area contributed by atoms with Gasteiger partial charge in [0, 0.05) is 44.1 Å². The van der Waals surface area contributed by atoms with Gasteiger partial charge in [-0.15, -0.1) is 0 Å². The third-order valence-electron chi connectivity index (χ3n) is 5.70.